The highest BCUT2D eigenvalue weighted by Gasteiger charge is 2.09. The van der Waals surface area contributed by atoms with Crippen LogP contribution in [0.2, 0.25) is 0 Å². The second kappa shape index (κ2) is 10.5. The smallest absolute Gasteiger partial charge is 0.191 e. The van der Waals surface area contributed by atoms with Crippen molar-refractivity contribution in [2.45, 2.75) is 26.5 Å². The van der Waals surface area contributed by atoms with Crippen molar-refractivity contribution in [3.8, 4) is 5.75 Å². The topological polar surface area (TPSA) is 45.7 Å². The number of thiophene rings is 1. The van der Waals surface area contributed by atoms with Crippen molar-refractivity contribution in [3.63, 3.8) is 0 Å². The highest BCUT2D eigenvalue weighted by Crippen LogP contribution is 2.17. The first kappa shape index (κ1) is 20.7. The zero-order valence-corrected chi connectivity index (χ0v) is 17.2. The molecule has 4 nitrogen and oxygen atoms in total. The van der Waals surface area contributed by atoms with E-state index in [0.717, 1.165) is 6.54 Å². The summed E-state index contributed by atoms with van der Waals surface area (Å²) in [6, 6.07) is 8.51. The minimum atomic E-state index is -0.352. The van der Waals surface area contributed by atoms with Gasteiger partial charge in [-0.15, -0.1) is 35.3 Å². The maximum absolute atomic E-state index is 13.6. The summed E-state index contributed by atoms with van der Waals surface area (Å²) in [5.41, 5.74) is 1.27. The van der Waals surface area contributed by atoms with E-state index in [1.165, 1.54) is 16.5 Å². The summed E-state index contributed by atoms with van der Waals surface area (Å²) in [5, 5.41) is 8.53. The molecule has 1 unspecified atom stereocenters. The van der Waals surface area contributed by atoms with Crippen LogP contribution in [0.25, 0.3) is 0 Å². The second-order valence-electron chi connectivity index (χ2n) is 5.19. The Morgan fingerprint density at radius 3 is 2.67 bits per heavy atom. The second-order valence-corrected chi connectivity index (χ2v) is 6.19. The van der Waals surface area contributed by atoms with Gasteiger partial charge >= 0.3 is 0 Å². The van der Waals surface area contributed by atoms with Crippen LogP contribution >= 0.6 is 35.3 Å². The van der Waals surface area contributed by atoms with Crippen molar-refractivity contribution >= 4 is 41.3 Å². The van der Waals surface area contributed by atoms with Gasteiger partial charge in [0.05, 0.1) is 13.1 Å². The molecule has 2 aromatic rings. The molecule has 0 aliphatic rings. The first-order valence-corrected chi connectivity index (χ1v) is 8.36. The van der Waals surface area contributed by atoms with Crippen molar-refractivity contribution in [1.29, 1.82) is 0 Å². The largest absolute Gasteiger partial charge is 0.486 e. The van der Waals surface area contributed by atoms with E-state index in [4.69, 9.17) is 4.74 Å². The van der Waals surface area contributed by atoms with Gasteiger partial charge in [0, 0.05) is 11.9 Å². The lowest BCUT2D eigenvalue weighted by Gasteiger charge is -2.18. The molecule has 0 bridgehead atoms. The molecule has 0 saturated carbocycles. The monoisotopic (exact) mass is 463 g/mol. The van der Waals surface area contributed by atoms with Gasteiger partial charge < -0.3 is 15.4 Å². The molecule has 0 aliphatic carbocycles. The van der Waals surface area contributed by atoms with E-state index in [1.54, 1.807) is 36.6 Å². The van der Waals surface area contributed by atoms with E-state index >= 15 is 0 Å². The summed E-state index contributed by atoms with van der Waals surface area (Å²) in [5.74, 6) is 0.607. The van der Waals surface area contributed by atoms with Crippen LogP contribution in [0.1, 0.15) is 17.4 Å². The molecule has 0 radical (unpaired) electrons. The van der Waals surface area contributed by atoms with Crippen LogP contribution in [-0.2, 0) is 6.54 Å². The molecule has 0 aliphatic heterocycles. The number of aryl methyl sites for hydroxylation is 1. The zero-order valence-electron chi connectivity index (χ0n) is 14.0. The van der Waals surface area contributed by atoms with E-state index in [9.17, 15) is 4.39 Å². The third-order valence-electron chi connectivity index (χ3n) is 3.33. The number of aliphatic imine (C=N–C) groups is 1. The number of nitrogens with one attached hydrogen (secondary N) is 2. The van der Waals surface area contributed by atoms with Gasteiger partial charge in [-0.3, -0.25) is 4.99 Å². The molecule has 1 aromatic carbocycles. The lowest BCUT2D eigenvalue weighted by Crippen LogP contribution is -2.41. The quantitative estimate of drug-likeness (QED) is 0.388. The number of rotatable bonds is 6. The maximum Gasteiger partial charge on any atom is 0.191 e. The Morgan fingerprint density at radius 2 is 2.04 bits per heavy atom. The van der Waals surface area contributed by atoms with Gasteiger partial charge in [0.15, 0.2) is 17.5 Å². The fourth-order valence-corrected chi connectivity index (χ4v) is 2.85. The first-order chi connectivity index (χ1) is 11.1. The number of benzene rings is 1. The fraction of sp³-hybridized carbons (Fsp3) is 0.353. The van der Waals surface area contributed by atoms with Gasteiger partial charge in [0.2, 0.25) is 0 Å². The third-order valence-corrected chi connectivity index (χ3v) is 4.35. The number of hydrogen-bond acceptors (Lipinski definition) is 3. The van der Waals surface area contributed by atoms with E-state index in [1.807, 2.05) is 6.92 Å². The molecule has 0 saturated heterocycles. The summed E-state index contributed by atoms with van der Waals surface area (Å²) in [6.45, 7) is 5.23. The number of guanidine groups is 1. The van der Waals surface area contributed by atoms with Crippen LogP contribution in [-0.4, -0.2) is 25.7 Å². The Hall–Kier alpha value is -1.35. The van der Waals surface area contributed by atoms with Gasteiger partial charge in [-0.25, -0.2) is 4.39 Å². The van der Waals surface area contributed by atoms with Crippen molar-refractivity contribution in [1.82, 2.24) is 10.6 Å². The van der Waals surface area contributed by atoms with Gasteiger partial charge in [0.25, 0.3) is 0 Å². The highest BCUT2D eigenvalue weighted by atomic mass is 127. The lowest BCUT2D eigenvalue weighted by molar-refractivity contribution is 0.214. The zero-order chi connectivity index (χ0) is 16.7. The Balaban J connectivity index is 0.00000288. The summed E-state index contributed by atoms with van der Waals surface area (Å²) in [4.78, 5) is 5.46. The molecule has 0 fully saturated rings. The number of para-hydroxylation sites is 1. The molecule has 7 heteroatoms. The van der Waals surface area contributed by atoms with Crippen molar-refractivity contribution in [3.05, 3.63) is 52.0 Å². The number of nitrogens with zero attached hydrogens (tertiary/aromatic N) is 1. The molecule has 1 aromatic heterocycles. The van der Waals surface area contributed by atoms with Crippen LogP contribution in [0.5, 0.6) is 5.75 Å². The SMILES string of the molecule is CN=C(NCc1sccc1C)NCC(C)Oc1ccccc1F.I. The molecular weight excluding hydrogens is 440 g/mol. The Labute approximate surface area is 163 Å². The Kier molecular flexibility index (Phi) is 9.05. The van der Waals surface area contributed by atoms with Crippen LogP contribution in [0.15, 0.2) is 40.7 Å². The molecule has 1 atom stereocenters. The average molecular weight is 463 g/mol. The molecule has 0 spiro atoms. The van der Waals surface area contributed by atoms with E-state index in [0.29, 0.717) is 12.5 Å². The maximum atomic E-state index is 13.6. The van der Waals surface area contributed by atoms with Crippen molar-refractivity contribution in [2.75, 3.05) is 13.6 Å². The molecule has 132 valence electrons. The average Bonchev–Trinajstić information content (AvgIpc) is 2.95. The minimum Gasteiger partial charge on any atom is -0.486 e. The van der Waals surface area contributed by atoms with E-state index in [-0.39, 0.29) is 41.6 Å². The lowest BCUT2D eigenvalue weighted by atomic mass is 10.3. The summed E-state index contributed by atoms with van der Waals surface area (Å²) in [7, 11) is 1.72. The summed E-state index contributed by atoms with van der Waals surface area (Å²) >= 11 is 1.72. The Bertz CT molecular complexity index is 663. The molecule has 2 rings (SSSR count). The van der Waals surface area contributed by atoms with Gasteiger partial charge in [-0.1, -0.05) is 12.1 Å². The van der Waals surface area contributed by atoms with Crippen molar-refractivity contribution in [2.24, 2.45) is 4.99 Å². The standard InChI is InChI=1S/C17H22FN3OS.HI/c1-12-8-9-23-16(12)11-21-17(19-3)20-10-13(2)22-15-7-5-4-6-14(15)18;/h4-9,13H,10-11H2,1-3H3,(H2,19,20,21);1H. The number of hydrogen-bond donors (Lipinski definition) is 2. The number of ether oxygens (including phenoxy) is 1. The van der Waals surface area contributed by atoms with Gasteiger partial charge in [0.1, 0.15) is 6.10 Å². The van der Waals surface area contributed by atoms with E-state index in [2.05, 4.69) is 34.0 Å². The molecule has 2 N–H and O–H groups in total. The van der Waals surface area contributed by atoms with Crippen LogP contribution in [0.4, 0.5) is 4.39 Å². The third kappa shape index (κ3) is 6.27. The van der Waals surface area contributed by atoms with E-state index < -0.39 is 0 Å². The fourth-order valence-electron chi connectivity index (χ4n) is 2.01. The molecule has 24 heavy (non-hydrogen) atoms. The number of halogens is 2. The Morgan fingerprint density at radius 1 is 1.29 bits per heavy atom. The highest BCUT2D eigenvalue weighted by molar-refractivity contribution is 14.0. The normalized spacial score (nSPS) is 12.2. The van der Waals surface area contributed by atoms with Gasteiger partial charge in [-0.05, 0) is 43.0 Å². The summed E-state index contributed by atoms with van der Waals surface area (Å²) in [6.07, 6.45) is -0.186. The summed E-state index contributed by atoms with van der Waals surface area (Å²) < 4.78 is 19.1. The van der Waals surface area contributed by atoms with Crippen molar-refractivity contribution < 1.29 is 9.13 Å². The minimum absolute atomic E-state index is 0. The van der Waals surface area contributed by atoms with Crippen LogP contribution < -0.4 is 15.4 Å². The molecular formula is C17H23FIN3OS. The predicted molar refractivity (Wildman–Crippen MR) is 109 cm³/mol. The first-order valence-electron chi connectivity index (χ1n) is 7.49. The molecule has 0 amide bonds. The molecule has 1 heterocycles. The van der Waals surface area contributed by atoms with Crippen LogP contribution in [0.3, 0.4) is 0 Å². The van der Waals surface area contributed by atoms with Gasteiger partial charge in [-0.2, -0.15) is 0 Å². The van der Waals surface area contributed by atoms with Crippen LogP contribution in [0, 0.1) is 12.7 Å². The predicted octanol–water partition coefficient (Wildman–Crippen LogP) is 3.95.